The maximum absolute atomic E-state index is 12.2. The molecule has 1 aromatic rings. The highest BCUT2D eigenvalue weighted by Crippen LogP contribution is 2.30. The molecular weight excluding hydrogens is 238 g/mol. The first-order valence-corrected chi connectivity index (χ1v) is 6.54. The first kappa shape index (κ1) is 13.3. The van der Waals surface area contributed by atoms with Crippen LogP contribution in [0, 0.1) is 0 Å². The lowest BCUT2D eigenvalue weighted by Gasteiger charge is -2.27. The quantitative estimate of drug-likeness (QED) is 0.814. The van der Waals surface area contributed by atoms with Gasteiger partial charge in [-0.25, -0.2) is 0 Å². The molecule has 1 aromatic carbocycles. The second-order valence-electron chi connectivity index (χ2n) is 4.67. The van der Waals surface area contributed by atoms with Crippen molar-refractivity contribution < 1.29 is 4.79 Å². The van der Waals surface area contributed by atoms with Crippen molar-refractivity contribution in [3.8, 4) is 0 Å². The molecule has 3 N–H and O–H groups in total. The first-order valence-electron chi connectivity index (χ1n) is 6.54. The minimum absolute atomic E-state index is 0.122. The van der Waals surface area contributed by atoms with Crippen molar-refractivity contribution in [1.82, 2.24) is 5.32 Å². The fraction of sp³-hybridized carbons (Fsp3) is 0.333. The fourth-order valence-electron chi connectivity index (χ4n) is 2.28. The lowest BCUT2D eigenvalue weighted by atomic mass is 9.90. The normalized spacial score (nSPS) is 16.2. The summed E-state index contributed by atoms with van der Waals surface area (Å²) in [6.45, 7) is 4.16. The number of nitrogens with two attached hydrogens (primary N) is 1. The molecule has 19 heavy (non-hydrogen) atoms. The third-order valence-corrected chi connectivity index (χ3v) is 3.66. The molecule has 1 heterocycles. The molecule has 0 radical (unpaired) electrons. The summed E-state index contributed by atoms with van der Waals surface area (Å²) in [6, 6.07) is 6.89. The highest BCUT2D eigenvalue weighted by molar-refractivity contribution is 5.96. The van der Waals surface area contributed by atoms with Crippen molar-refractivity contribution >= 4 is 17.8 Å². The minimum atomic E-state index is -0.274. The summed E-state index contributed by atoms with van der Waals surface area (Å²) in [7, 11) is 0. The second-order valence-corrected chi connectivity index (χ2v) is 4.67. The van der Waals surface area contributed by atoms with E-state index in [0.717, 1.165) is 18.5 Å². The van der Waals surface area contributed by atoms with Crippen molar-refractivity contribution in [2.24, 2.45) is 4.99 Å². The molecule has 0 saturated heterocycles. The van der Waals surface area contributed by atoms with Crippen LogP contribution in [-0.4, -0.2) is 17.7 Å². The summed E-state index contributed by atoms with van der Waals surface area (Å²) in [5.74, 6) is -0.122. The number of hydrogen-bond donors (Lipinski definition) is 2. The number of aliphatic imine (C=N–C) groups is 1. The predicted molar refractivity (Wildman–Crippen MR) is 78.2 cm³/mol. The highest BCUT2D eigenvalue weighted by atomic mass is 16.1. The molecule has 0 unspecified atom stereocenters. The van der Waals surface area contributed by atoms with Crippen LogP contribution in [0.15, 0.2) is 41.0 Å². The van der Waals surface area contributed by atoms with Gasteiger partial charge in [0.1, 0.15) is 0 Å². The highest BCUT2D eigenvalue weighted by Gasteiger charge is 2.33. The van der Waals surface area contributed by atoms with Crippen LogP contribution in [0.4, 0.5) is 5.69 Å². The summed E-state index contributed by atoms with van der Waals surface area (Å²) in [6.07, 6.45) is 5.38. The van der Waals surface area contributed by atoms with Gasteiger partial charge in [0.2, 0.25) is 0 Å². The maximum atomic E-state index is 12.2. The fourth-order valence-corrected chi connectivity index (χ4v) is 2.28. The van der Waals surface area contributed by atoms with Crippen LogP contribution in [0.1, 0.15) is 37.0 Å². The van der Waals surface area contributed by atoms with Gasteiger partial charge < -0.3 is 11.1 Å². The first-order chi connectivity index (χ1) is 9.11. The summed E-state index contributed by atoms with van der Waals surface area (Å²) in [4.78, 5) is 16.7. The van der Waals surface area contributed by atoms with Crippen LogP contribution in [0.3, 0.4) is 0 Å². The predicted octanol–water partition coefficient (Wildman–Crippen LogP) is 2.53. The Hall–Kier alpha value is -2.10. The van der Waals surface area contributed by atoms with Crippen LogP contribution in [0.5, 0.6) is 0 Å². The maximum Gasteiger partial charge on any atom is 0.255 e. The van der Waals surface area contributed by atoms with E-state index in [-0.39, 0.29) is 11.4 Å². The molecule has 100 valence electrons. The van der Waals surface area contributed by atoms with Gasteiger partial charge in [0.05, 0.1) is 5.54 Å². The number of nitrogens with zero attached hydrogens (tertiary/aromatic N) is 1. The lowest BCUT2D eigenvalue weighted by Crippen LogP contribution is -2.36. The molecule has 0 saturated carbocycles. The molecule has 4 nitrogen and oxygen atoms in total. The van der Waals surface area contributed by atoms with Crippen molar-refractivity contribution in [2.75, 3.05) is 5.73 Å². The third-order valence-electron chi connectivity index (χ3n) is 3.66. The minimum Gasteiger partial charge on any atom is -0.399 e. The summed E-state index contributed by atoms with van der Waals surface area (Å²) in [5.41, 5.74) is 7.46. The van der Waals surface area contributed by atoms with Gasteiger partial charge in [-0.05, 0) is 43.2 Å². The van der Waals surface area contributed by atoms with Crippen LogP contribution >= 0.6 is 0 Å². The molecule has 0 aliphatic carbocycles. The third kappa shape index (κ3) is 2.52. The van der Waals surface area contributed by atoms with Gasteiger partial charge in [-0.2, -0.15) is 0 Å². The number of nitrogens with one attached hydrogen (secondary N) is 1. The number of rotatable bonds is 4. The Morgan fingerprint density at radius 3 is 2.47 bits per heavy atom. The van der Waals surface area contributed by atoms with E-state index in [9.17, 15) is 4.79 Å². The number of benzene rings is 1. The summed E-state index contributed by atoms with van der Waals surface area (Å²) >= 11 is 0. The van der Waals surface area contributed by atoms with Gasteiger partial charge in [0, 0.05) is 23.2 Å². The van der Waals surface area contributed by atoms with Gasteiger partial charge in [-0.15, -0.1) is 0 Å². The van der Waals surface area contributed by atoms with Crippen molar-refractivity contribution in [2.45, 2.75) is 32.2 Å². The number of hydrogen-bond acceptors (Lipinski definition) is 3. The molecule has 1 amide bonds. The zero-order valence-corrected chi connectivity index (χ0v) is 11.3. The second kappa shape index (κ2) is 5.26. The van der Waals surface area contributed by atoms with E-state index in [2.05, 4.69) is 24.2 Å². The Morgan fingerprint density at radius 1 is 1.26 bits per heavy atom. The Balaban J connectivity index is 2.14. The van der Waals surface area contributed by atoms with Gasteiger partial charge in [-0.1, -0.05) is 13.8 Å². The molecule has 0 atom stereocenters. The van der Waals surface area contributed by atoms with Gasteiger partial charge in [0.25, 0.3) is 5.91 Å². The van der Waals surface area contributed by atoms with Crippen molar-refractivity contribution in [3.63, 3.8) is 0 Å². The molecular formula is C15H19N3O. The van der Waals surface area contributed by atoms with E-state index in [1.54, 1.807) is 30.5 Å². The van der Waals surface area contributed by atoms with E-state index in [1.165, 1.54) is 0 Å². The zero-order chi connectivity index (χ0) is 13.9. The van der Waals surface area contributed by atoms with E-state index in [0.29, 0.717) is 11.3 Å². The lowest BCUT2D eigenvalue weighted by molar-refractivity contribution is 0.0959. The van der Waals surface area contributed by atoms with Crippen LogP contribution in [0.25, 0.3) is 0 Å². The average molecular weight is 257 g/mol. The topological polar surface area (TPSA) is 67.5 Å². The van der Waals surface area contributed by atoms with Crippen molar-refractivity contribution in [1.29, 1.82) is 0 Å². The van der Waals surface area contributed by atoms with E-state index >= 15 is 0 Å². The molecule has 1 aliphatic rings. The number of nitrogen functional groups attached to an aromatic ring is 1. The van der Waals surface area contributed by atoms with Crippen LogP contribution in [-0.2, 0) is 0 Å². The van der Waals surface area contributed by atoms with Gasteiger partial charge in [0.15, 0.2) is 0 Å². The Labute approximate surface area is 113 Å². The van der Waals surface area contributed by atoms with E-state index in [4.69, 9.17) is 5.73 Å². The number of carbonyl (C=O) groups excluding carboxylic acids is 1. The van der Waals surface area contributed by atoms with Gasteiger partial charge >= 0.3 is 0 Å². The molecule has 0 fully saturated rings. The van der Waals surface area contributed by atoms with E-state index in [1.807, 2.05) is 6.08 Å². The monoisotopic (exact) mass is 257 g/mol. The molecule has 4 heteroatoms. The Bertz CT molecular complexity index is 525. The standard InChI is InChI=1S/C15H19N3O/c1-3-15(4-2)13(9-10-17-15)18-14(19)11-5-7-12(16)8-6-11/h5-10H,3-4,16H2,1-2H3,(H,18,19). The largest absolute Gasteiger partial charge is 0.399 e. The number of allylic oxidation sites excluding steroid dienone is 1. The average Bonchev–Trinajstić information content (AvgIpc) is 2.82. The summed E-state index contributed by atoms with van der Waals surface area (Å²) < 4.78 is 0. The number of carbonyl (C=O) groups is 1. The van der Waals surface area contributed by atoms with E-state index < -0.39 is 0 Å². The van der Waals surface area contributed by atoms with Gasteiger partial charge in [-0.3, -0.25) is 9.79 Å². The molecule has 1 aliphatic heterocycles. The number of amides is 1. The van der Waals surface area contributed by atoms with Crippen molar-refractivity contribution in [3.05, 3.63) is 41.6 Å². The molecule has 0 bridgehead atoms. The summed E-state index contributed by atoms with van der Waals surface area (Å²) in [5, 5.41) is 2.96. The van der Waals surface area contributed by atoms with Crippen LogP contribution in [0.2, 0.25) is 0 Å². The number of anilines is 1. The van der Waals surface area contributed by atoms with Crippen LogP contribution < -0.4 is 11.1 Å². The molecule has 0 aromatic heterocycles. The molecule has 0 spiro atoms. The zero-order valence-electron chi connectivity index (χ0n) is 11.3. The Morgan fingerprint density at radius 2 is 1.89 bits per heavy atom. The Kier molecular flexibility index (Phi) is 3.69. The SMILES string of the molecule is CCC1(CC)N=CC=C1NC(=O)c1ccc(N)cc1. The molecule has 2 rings (SSSR count). The smallest absolute Gasteiger partial charge is 0.255 e.